The van der Waals surface area contributed by atoms with E-state index in [0.29, 0.717) is 5.75 Å². The Morgan fingerprint density at radius 2 is 2.11 bits per heavy atom. The Morgan fingerprint density at radius 1 is 1.47 bits per heavy atom. The largest absolute Gasteiger partial charge is 0.493 e. The van der Waals surface area contributed by atoms with Gasteiger partial charge in [0.15, 0.2) is 9.84 Å². The monoisotopic (exact) mass is 287 g/mol. The van der Waals surface area contributed by atoms with Crippen molar-refractivity contribution in [2.24, 2.45) is 5.73 Å². The van der Waals surface area contributed by atoms with Gasteiger partial charge in [-0.15, -0.1) is 0 Å². The van der Waals surface area contributed by atoms with Crippen molar-refractivity contribution in [2.75, 3.05) is 12.9 Å². The molecule has 0 aromatic heterocycles. The van der Waals surface area contributed by atoms with Gasteiger partial charge in [-0.1, -0.05) is 6.07 Å². The molecule has 3 N–H and O–H groups in total. The Hall–Kier alpha value is -1.60. The van der Waals surface area contributed by atoms with Crippen LogP contribution in [-0.4, -0.2) is 37.9 Å². The van der Waals surface area contributed by atoms with Crippen LogP contribution in [0.4, 0.5) is 0 Å². The van der Waals surface area contributed by atoms with E-state index in [2.05, 4.69) is 0 Å². The van der Waals surface area contributed by atoms with Gasteiger partial charge < -0.3 is 15.6 Å². The van der Waals surface area contributed by atoms with Gasteiger partial charge in [0.1, 0.15) is 11.3 Å². The number of aliphatic carboxylic acids is 1. The topological polar surface area (TPSA) is 107 Å². The highest BCUT2D eigenvalue weighted by molar-refractivity contribution is 7.90. The zero-order valence-corrected chi connectivity index (χ0v) is 11.6. The van der Waals surface area contributed by atoms with Crippen molar-refractivity contribution < 1.29 is 23.1 Å². The molecule has 1 unspecified atom stereocenters. The molecule has 0 aliphatic heterocycles. The van der Waals surface area contributed by atoms with Crippen LogP contribution in [0, 0.1) is 0 Å². The first-order valence-electron chi connectivity index (χ1n) is 5.58. The van der Waals surface area contributed by atoms with Crippen LogP contribution >= 0.6 is 0 Å². The fourth-order valence-corrected chi connectivity index (χ4v) is 1.94. The SMILES string of the molecule is CC(N)(CCOc1cccc(S(C)(=O)=O)c1)C(=O)O. The minimum absolute atomic E-state index is 0.0898. The third kappa shape index (κ3) is 4.53. The van der Waals surface area contributed by atoms with Crippen molar-refractivity contribution in [3.05, 3.63) is 24.3 Å². The molecule has 0 radical (unpaired) electrons. The van der Waals surface area contributed by atoms with E-state index in [0.717, 1.165) is 6.26 Å². The molecule has 0 bridgehead atoms. The normalized spacial score (nSPS) is 14.7. The summed E-state index contributed by atoms with van der Waals surface area (Å²) in [4.78, 5) is 10.9. The van der Waals surface area contributed by atoms with E-state index in [-0.39, 0.29) is 17.9 Å². The predicted octanol–water partition coefficient (Wildman–Crippen LogP) is 0.661. The smallest absolute Gasteiger partial charge is 0.323 e. The molecule has 0 heterocycles. The van der Waals surface area contributed by atoms with Crippen LogP contribution < -0.4 is 10.5 Å². The highest BCUT2D eigenvalue weighted by Gasteiger charge is 2.27. The molecule has 1 aromatic rings. The summed E-state index contributed by atoms with van der Waals surface area (Å²) in [6.45, 7) is 1.48. The molecule has 19 heavy (non-hydrogen) atoms. The molecule has 0 aliphatic rings. The standard InChI is InChI=1S/C12H17NO5S/c1-12(13,11(14)15)6-7-18-9-4-3-5-10(8-9)19(2,16)17/h3-5,8H,6-7,13H2,1-2H3,(H,14,15). The molecule has 1 atom stereocenters. The Balaban J connectivity index is 2.67. The number of rotatable bonds is 6. The molecule has 6 nitrogen and oxygen atoms in total. The van der Waals surface area contributed by atoms with Crippen molar-refractivity contribution in [2.45, 2.75) is 23.8 Å². The van der Waals surface area contributed by atoms with Crippen LogP contribution in [0.15, 0.2) is 29.2 Å². The van der Waals surface area contributed by atoms with Crippen molar-refractivity contribution in [3.63, 3.8) is 0 Å². The van der Waals surface area contributed by atoms with Crippen LogP contribution in [0.3, 0.4) is 0 Å². The fraction of sp³-hybridized carbons (Fsp3) is 0.417. The third-order valence-electron chi connectivity index (χ3n) is 2.61. The van der Waals surface area contributed by atoms with E-state index in [4.69, 9.17) is 15.6 Å². The van der Waals surface area contributed by atoms with E-state index in [1.54, 1.807) is 12.1 Å². The summed E-state index contributed by atoms with van der Waals surface area (Å²) in [5.74, 6) is -0.745. The molecule has 106 valence electrons. The van der Waals surface area contributed by atoms with Crippen LogP contribution in [0.2, 0.25) is 0 Å². The number of hydrogen-bond acceptors (Lipinski definition) is 5. The number of sulfone groups is 1. The van der Waals surface area contributed by atoms with Crippen LogP contribution in [0.5, 0.6) is 5.75 Å². The summed E-state index contributed by atoms with van der Waals surface area (Å²) < 4.78 is 28.0. The number of carboxylic acid groups (broad SMARTS) is 1. The summed E-state index contributed by atoms with van der Waals surface area (Å²) in [5, 5.41) is 8.83. The van der Waals surface area contributed by atoms with Crippen molar-refractivity contribution in [1.82, 2.24) is 0 Å². The van der Waals surface area contributed by atoms with Crippen molar-refractivity contribution >= 4 is 15.8 Å². The summed E-state index contributed by atoms with van der Waals surface area (Å²) in [5.41, 5.74) is 4.18. The van der Waals surface area contributed by atoms with Gasteiger partial charge in [-0.3, -0.25) is 4.79 Å². The minimum atomic E-state index is -3.29. The lowest BCUT2D eigenvalue weighted by Gasteiger charge is -2.19. The van der Waals surface area contributed by atoms with E-state index in [1.165, 1.54) is 19.1 Å². The number of carboxylic acids is 1. The lowest BCUT2D eigenvalue weighted by Crippen LogP contribution is -2.45. The van der Waals surface area contributed by atoms with Crippen LogP contribution in [0.25, 0.3) is 0 Å². The molecular formula is C12H17NO5S. The highest BCUT2D eigenvalue weighted by Crippen LogP contribution is 2.18. The first kappa shape index (κ1) is 15.5. The van der Waals surface area contributed by atoms with E-state index in [9.17, 15) is 13.2 Å². The second-order valence-electron chi connectivity index (χ2n) is 4.57. The first-order valence-corrected chi connectivity index (χ1v) is 7.47. The summed E-state index contributed by atoms with van der Waals surface area (Å²) in [6, 6.07) is 6.02. The molecular weight excluding hydrogens is 270 g/mol. The Labute approximate surface area is 112 Å². The predicted molar refractivity (Wildman–Crippen MR) is 69.9 cm³/mol. The van der Waals surface area contributed by atoms with Gasteiger partial charge in [-0.25, -0.2) is 8.42 Å². The minimum Gasteiger partial charge on any atom is -0.493 e. The zero-order chi connectivity index (χ0) is 14.7. The van der Waals surface area contributed by atoms with E-state index in [1.807, 2.05) is 0 Å². The molecule has 1 aromatic carbocycles. The van der Waals surface area contributed by atoms with Gasteiger partial charge in [0.05, 0.1) is 11.5 Å². The van der Waals surface area contributed by atoms with Gasteiger partial charge in [0.2, 0.25) is 0 Å². The van der Waals surface area contributed by atoms with E-state index >= 15 is 0 Å². The van der Waals surface area contributed by atoms with Crippen molar-refractivity contribution in [1.29, 1.82) is 0 Å². The average Bonchev–Trinajstić information content (AvgIpc) is 2.28. The summed E-state index contributed by atoms with van der Waals surface area (Å²) in [6.07, 6.45) is 1.22. The third-order valence-corrected chi connectivity index (χ3v) is 3.72. The molecule has 0 saturated heterocycles. The van der Waals surface area contributed by atoms with E-state index < -0.39 is 21.3 Å². The molecule has 0 aliphatic carbocycles. The fourth-order valence-electron chi connectivity index (χ4n) is 1.28. The molecule has 0 saturated carbocycles. The second kappa shape index (κ2) is 5.58. The van der Waals surface area contributed by atoms with Crippen molar-refractivity contribution in [3.8, 4) is 5.75 Å². The first-order chi connectivity index (χ1) is 8.63. The molecule has 0 spiro atoms. The number of nitrogens with two attached hydrogens (primary N) is 1. The quantitative estimate of drug-likeness (QED) is 0.796. The van der Waals surface area contributed by atoms with Crippen LogP contribution in [0.1, 0.15) is 13.3 Å². The molecule has 0 fully saturated rings. The number of hydrogen-bond donors (Lipinski definition) is 2. The number of carbonyl (C=O) groups is 1. The molecule has 0 amide bonds. The summed E-state index contributed by atoms with van der Waals surface area (Å²) >= 11 is 0. The van der Waals surface area contributed by atoms with Gasteiger partial charge in [-0.2, -0.15) is 0 Å². The zero-order valence-electron chi connectivity index (χ0n) is 10.8. The lowest BCUT2D eigenvalue weighted by atomic mass is 10.0. The summed E-state index contributed by atoms with van der Waals surface area (Å²) in [7, 11) is -3.29. The number of benzene rings is 1. The van der Waals surface area contributed by atoms with Gasteiger partial charge in [0, 0.05) is 12.7 Å². The van der Waals surface area contributed by atoms with Gasteiger partial charge >= 0.3 is 5.97 Å². The average molecular weight is 287 g/mol. The second-order valence-corrected chi connectivity index (χ2v) is 6.58. The Kier molecular flexibility index (Phi) is 4.54. The Bertz CT molecular complexity index is 565. The lowest BCUT2D eigenvalue weighted by molar-refractivity contribution is -0.143. The maximum atomic E-state index is 11.4. The molecule has 7 heteroatoms. The maximum absolute atomic E-state index is 11.4. The molecule has 1 rings (SSSR count). The van der Waals surface area contributed by atoms with Gasteiger partial charge in [-0.05, 0) is 25.1 Å². The maximum Gasteiger partial charge on any atom is 0.323 e. The Morgan fingerprint density at radius 3 is 2.63 bits per heavy atom. The van der Waals surface area contributed by atoms with Crippen LogP contribution in [-0.2, 0) is 14.6 Å². The number of ether oxygens (including phenoxy) is 1. The van der Waals surface area contributed by atoms with Gasteiger partial charge in [0.25, 0.3) is 0 Å². The highest BCUT2D eigenvalue weighted by atomic mass is 32.2.